The smallest absolute Gasteiger partial charge is 0.475 e. The van der Waals surface area contributed by atoms with Gasteiger partial charge in [-0.15, -0.1) is 6.58 Å². The van der Waals surface area contributed by atoms with Crippen molar-refractivity contribution >= 4 is 43.5 Å². The van der Waals surface area contributed by atoms with Gasteiger partial charge in [0.25, 0.3) is 10.0 Å². The third kappa shape index (κ3) is 7.06. The second-order valence-corrected chi connectivity index (χ2v) is 9.62. The molecule has 3 N–H and O–H groups in total. The van der Waals surface area contributed by atoms with Crippen LogP contribution >= 0.6 is 15.9 Å². The number of sulfonamides is 1. The average molecular weight is 549 g/mol. The number of hydrogen-bond donors (Lipinski definition) is 3. The molecule has 0 bridgehead atoms. The third-order valence-corrected chi connectivity index (χ3v) is 6.57. The molecule has 0 spiro atoms. The Balaban J connectivity index is 0.000000479. The van der Waals surface area contributed by atoms with Crippen LogP contribution in [0.3, 0.4) is 0 Å². The molecule has 0 radical (unpaired) electrons. The maximum Gasteiger partial charge on any atom is 0.490 e. The zero-order chi connectivity index (χ0) is 24.9. The Hall–Kier alpha value is -2.86. The Morgan fingerprint density at radius 1 is 1.09 bits per heavy atom. The summed E-state index contributed by atoms with van der Waals surface area (Å²) in [6.07, 6.45) is -1.85. The van der Waals surface area contributed by atoms with Crippen molar-refractivity contribution in [2.75, 3.05) is 11.3 Å². The van der Waals surface area contributed by atoms with Crippen molar-refractivity contribution in [3.8, 4) is 0 Å². The van der Waals surface area contributed by atoms with Gasteiger partial charge in [0.05, 0.1) is 10.3 Å². The van der Waals surface area contributed by atoms with Gasteiger partial charge in [-0.05, 0) is 54.8 Å². The number of amides is 1. The number of aliphatic carboxylic acids is 1. The first kappa shape index (κ1) is 26.4. The van der Waals surface area contributed by atoms with Crippen LogP contribution in [-0.4, -0.2) is 38.1 Å². The van der Waals surface area contributed by atoms with Crippen molar-refractivity contribution in [3.63, 3.8) is 0 Å². The molecule has 2 aromatic rings. The second kappa shape index (κ2) is 10.4. The van der Waals surface area contributed by atoms with E-state index in [0.717, 1.165) is 22.9 Å². The number of hydrogen-bond acceptors (Lipinski definition) is 4. The average Bonchev–Trinajstić information content (AvgIpc) is 3.54. The SMILES string of the molecule is C=CCNC(=O)C1(c2ccc(NS(=O)(=O)c3ccc(Br)cc3)cc2)CC1.O=C(O)C(F)(F)F. The fraction of sp³-hybridized carbons (Fsp3) is 0.238. The van der Waals surface area contributed by atoms with Gasteiger partial charge >= 0.3 is 12.1 Å². The van der Waals surface area contributed by atoms with Crippen LogP contribution < -0.4 is 10.0 Å². The molecule has 0 heterocycles. The monoisotopic (exact) mass is 548 g/mol. The van der Waals surface area contributed by atoms with E-state index in [1.165, 1.54) is 12.1 Å². The minimum absolute atomic E-state index is 0.0133. The number of halogens is 4. The molecule has 1 amide bonds. The molecule has 0 unspecified atom stereocenters. The van der Waals surface area contributed by atoms with E-state index in [9.17, 15) is 26.4 Å². The first-order chi connectivity index (χ1) is 15.3. The highest BCUT2D eigenvalue weighted by molar-refractivity contribution is 9.10. The highest BCUT2D eigenvalue weighted by Crippen LogP contribution is 2.48. The first-order valence-electron chi connectivity index (χ1n) is 9.40. The van der Waals surface area contributed by atoms with Crippen molar-refractivity contribution in [1.82, 2.24) is 5.32 Å². The number of rotatable bonds is 7. The molecular formula is C21H20BrF3N2O5S. The van der Waals surface area contributed by atoms with Gasteiger partial charge < -0.3 is 10.4 Å². The van der Waals surface area contributed by atoms with Gasteiger partial charge in [0, 0.05) is 16.7 Å². The minimum atomic E-state index is -5.08. The van der Waals surface area contributed by atoms with Crippen molar-refractivity contribution in [2.45, 2.75) is 29.3 Å². The van der Waals surface area contributed by atoms with Crippen molar-refractivity contribution in [1.29, 1.82) is 0 Å². The lowest BCUT2D eigenvalue weighted by molar-refractivity contribution is -0.192. The number of carbonyl (C=O) groups excluding carboxylic acids is 1. The van der Waals surface area contributed by atoms with E-state index in [0.29, 0.717) is 12.2 Å². The molecule has 7 nitrogen and oxygen atoms in total. The zero-order valence-electron chi connectivity index (χ0n) is 17.0. The van der Waals surface area contributed by atoms with Gasteiger partial charge in [-0.3, -0.25) is 9.52 Å². The fourth-order valence-electron chi connectivity index (χ4n) is 2.79. The van der Waals surface area contributed by atoms with Crippen LogP contribution in [0.1, 0.15) is 18.4 Å². The molecule has 1 aliphatic carbocycles. The fourth-order valence-corrected chi connectivity index (χ4v) is 4.11. The Morgan fingerprint density at radius 2 is 1.61 bits per heavy atom. The Kier molecular flexibility index (Phi) is 8.30. The largest absolute Gasteiger partial charge is 0.490 e. The molecule has 0 aliphatic heterocycles. The predicted molar refractivity (Wildman–Crippen MR) is 119 cm³/mol. The summed E-state index contributed by atoms with van der Waals surface area (Å²) in [6.45, 7) is 4.04. The molecule has 0 aromatic heterocycles. The van der Waals surface area contributed by atoms with Crippen LogP contribution in [0.15, 0.2) is 70.6 Å². The van der Waals surface area contributed by atoms with E-state index in [1.807, 2.05) is 0 Å². The standard InChI is InChI=1S/C19H19BrN2O3S.C2HF3O2/c1-2-13-21-18(23)19(11-12-19)14-3-7-16(8-4-14)22-26(24,25)17-9-5-15(20)6-10-17;3-2(4,5)1(6)7/h2-10,22H,1,11-13H2,(H,21,23);(H,6,7). The van der Waals surface area contributed by atoms with Crippen LogP contribution in [0.4, 0.5) is 18.9 Å². The lowest BCUT2D eigenvalue weighted by Crippen LogP contribution is -2.34. The van der Waals surface area contributed by atoms with Crippen molar-refractivity contribution in [2.24, 2.45) is 0 Å². The summed E-state index contributed by atoms with van der Waals surface area (Å²) in [5.41, 5.74) is 0.858. The van der Waals surface area contributed by atoms with Crippen LogP contribution in [0.25, 0.3) is 0 Å². The Bertz CT molecular complexity index is 1110. The number of carboxylic acid groups (broad SMARTS) is 1. The molecule has 12 heteroatoms. The van der Waals surface area contributed by atoms with E-state index in [2.05, 4.69) is 32.5 Å². The summed E-state index contributed by atoms with van der Waals surface area (Å²) < 4.78 is 60.0. The molecule has 0 saturated heterocycles. The number of benzene rings is 2. The molecule has 0 atom stereocenters. The normalized spacial score (nSPS) is 14.3. The summed E-state index contributed by atoms with van der Waals surface area (Å²) >= 11 is 3.29. The van der Waals surface area contributed by atoms with E-state index in [-0.39, 0.29) is 10.8 Å². The number of anilines is 1. The molecule has 178 valence electrons. The lowest BCUT2D eigenvalue weighted by atomic mass is 9.95. The van der Waals surface area contributed by atoms with Gasteiger partial charge in [0.1, 0.15) is 0 Å². The maximum absolute atomic E-state index is 12.4. The first-order valence-corrected chi connectivity index (χ1v) is 11.7. The molecule has 2 aromatic carbocycles. The molecule has 1 fully saturated rings. The summed E-state index contributed by atoms with van der Waals surface area (Å²) in [4.78, 5) is 21.4. The van der Waals surface area contributed by atoms with Crippen LogP contribution in [0, 0.1) is 0 Å². The molecule has 1 saturated carbocycles. The van der Waals surface area contributed by atoms with Gasteiger partial charge in [-0.25, -0.2) is 13.2 Å². The topological polar surface area (TPSA) is 113 Å². The van der Waals surface area contributed by atoms with Crippen LogP contribution in [-0.2, 0) is 25.0 Å². The van der Waals surface area contributed by atoms with E-state index in [1.54, 1.807) is 42.5 Å². The second-order valence-electron chi connectivity index (χ2n) is 7.02. The molecule has 1 aliphatic rings. The Labute approximate surface area is 196 Å². The van der Waals surface area contributed by atoms with Crippen LogP contribution in [0.2, 0.25) is 0 Å². The van der Waals surface area contributed by atoms with E-state index < -0.39 is 27.6 Å². The van der Waals surface area contributed by atoms with Gasteiger partial charge in [0.15, 0.2) is 0 Å². The van der Waals surface area contributed by atoms with E-state index >= 15 is 0 Å². The maximum atomic E-state index is 12.4. The van der Waals surface area contributed by atoms with Crippen LogP contribution in [0.5, 0.6) is 0 Å². The third-order valence-electron chi connectivity index (χ3n) is 4.65. The number of alkyl halides is 3. The molecule has 33 heavy (non-hydrogen) atoms. The number of carbonyl (C=O) groups is 2. The lowest BCUT2D eigenvalue weighted by Gasteiger charge is -2.16. The predicted octanol–water partition coefficient (Wildman–Crippen LogP) is 4.22. The summed E-state index contributed by atoms with van der Waals surface area (Å²) in [6, 6.07) is 13.4. The highest BCUT2D eigenvalue weighted by atomic mass is 79.9. The number of nitrogens with one attached hydrogen (secondary N) is 2. The molecular weight excluding hydrogens is 529 g/mol. The van der Waals surface area contributed by atoms with Gasteiger partial charge in [-0.1, -0.05) is 34.1 Å². The summed E-state index contributed by atoms with van der Waals surface area (Å²) in [5, 5.41) is 9.97. The van der Waals surface area contributed by atoms with Crippen molar-refractivity contribution in [3.05, 3.63) is 71.2 Å². The Morgan fingerprint density at radius 3 is 2.03 bits per heavy atom. The summed E-state index contributed by atoms with van der Waals surface area (Å²) in [7, 11) is -3.65. The number of carboxylic acids is 1. The zero-order valence-corrected chi connectivity index (χ0v) is 19.4. The van der Waals surface area contributed by atoms with Gasteiger partial charge in [0.2, 0.25) is 5.91 Å². The quantitative estimate of drug-likeness (QED) is 0.448. The highest BCUT2D eigenvalue weighted by Gasteiger charge is 2.50. The summed E-state index contributed by atoms with van der Waals surface area (Å²) in [5.74, 6) is -2.77. The van der Waals surface area contributed by atoms with Crippen molar-refractivity contribution < 1.29 is 36.3 Å². The van der Waals surface area contributed by atoms with Gasteiger partial charge in [-0.2, -0.15) is 13.2 Å². The van der Waals surface area contributed by atoms with E-state index in [4.69, 9.17) is 9.90 Å². The minimum Gasteiger partial charge on any atom is -0.475 e. The molecule has 3 rings (SSSR count).